The Hall–Kier alpha value is -1.51. The van der Waals surface area contributed by atoms with Crippen molar-refractivity contribution < 1.29 is 4.79 Å². The molecule has 106 valence electrons. The van der Waals surface area contributed by atoms with E-state index in [1.807, 2.05) is 19.9 Å². The van der Waals surface area contributed by atoms with E-state index in [1.54, 1.807) is 4.90 Å². The summed E-state index contributed by atoms with van der Waals surface area (Å²) in [7, 11) is 0. The summed E-state index contributed by atoms with van der Waals surface area (Å²) >= 11 is 0. The number of carbonyl (C=O) groups is 1. The Morgan fingerprint density at radius 3 is 2.32 bits per heavy atom. The van der Waals surface area contributed by atoms with Crippen molar-refractivity contribution in [1.29, 1.82) is 0 Å². The molecule has 0 aromatic heterocycles. The van der Waals surface area contributed by atoms with Crippen LogP contribution in [0.5, 0.6) is 0 Å². The summed E-state index contributed by atoms with van der Waals surface area (Å²) in [6, 6.07) is 8.37. The van der Waals surface area contributed by atoms with E-state index in [1.165, 1.54) is 11.1 Å². The molecule has 1 aromatic carbocycles. The van der Waals surface area contributed by atoms with E-state index in [-0.39, 0.29) is 11.4 Å². The number of rotatable bonds is 5. The fourth-order valence-corrected chi connectivity index (χ4v) is 2.35. The fourth-order valence-electron chi connectivity index (χ4n) is 2.35. The van der Waals surface area contributed by atoms with E-state index in [0.717, 1.165) is 13.1 Å². The highest BCUT2D eigenvalue weighted by atomic mass is 16.2. The zero-order valence-electron chi connectivity index (χ0n) is 12.8. The molecule has 0 saturated carbocycles. The van der Waals surface area contributed by atoms with Gasteiger partial charge in [-0.15, -0.1) is 0 Å². The molecule has 0 unspecified atom stereocenters. The summed E-state index contributed by atoms with van der Waals surface area (Å²) in [5.74, 6) is 0. The number of amides is 2. The average molecular weight is 262 g/mol. The van der Waals surface area contributed by atoms with Crippen LogP contribution in [-0.2, 0) is 5.41 Å². The van der Waals surface area contributed by atoms with Gasteiger partial charge in [0.1, 0.15) is 0 Å². The van der Waals surface area contributed by atoms with E-state index in [0.29, 0.717) is 6.54 Å². The van der Waals surface area contributed by atoms with Gasteiger partial charge in [-0.2, -0.15) is 0 Å². The van der Waals surface area contributed by atoms with E-state index in [4.69, 9.17) is 0 Å². The smallest absolute Gasteiger partial charge is 0.317 e. The Labute approximate surface area is 117 Å². The molecule has 19 heavy (non-hydrogen) atoms. The lowest BCUT2D eigenvalue weighted by Gasteiger charge is -2.29. The van der Waals surface area contributed by atoms with Gasteiger partial charge < -0.3 is 10.2 Å². The first-order valence-electron chi connectivity index (χ1n) is 7.01. The molecule has 1 aromatic rings. The molecular formula is C16H26N2O. The number of aryl methyl sites for hydroxylation is 1. The largest absolute Gasteiger partial charge is 0.337 e. The lowest BCUT2D eigenvalue weighted by atomic mass is 9.82. The van der Waals surface area contributed by atoms with Crippen LogP contribution in [0, 0.1) is 6.92 Å². The molecule has 0 heterocycles. The summed E-state index contributed by atoms with van der Waals surface area (Å²) in [5, 5.41) is 3.04. The highest BCUT2D eigenvalue weighted by Gasteiger charge is 2.23. The van der Waals surface area contributed by atoms with Crippen molar-refractivity contribution in [3.8, 4) is 0 Å². The van der Waals surface area contributed by atoms with Crippen molar-refractivity contribution in [3.63, 3.8) is 0 Å². The molecule has 2 amide bonds. The van der Waals surface area contributed by atoms with Gasteiger partial charge in [-0.25, -0.2) is 4.79 Å². The fraction of sp³-hybridized carbons (Fsp3) is 0.562. The van der Waals surface area contributed by atoms with Gasteiger partial charge in [0, 0.05) is 25.0 Å². The van der Waals surface area contributed by atoms with Crippen LogP contribution in [0.1, 0.15) is 38.8 Å². The molecule has 0 aliphatic carbocycles. The number of hydrogen-bond acceptors (Lipinski definition) is 1. The number of urea groups is 1. The maximum atomic E-state index is 12.0. The maximum Gasteiger partial charge on any atom is 0.317 e. The molecule has 0 saturated heterocycles. The minimum atomic E-state index is -0.0614. The number of benzene rings is 1. The molecule has 0 aliphatic rings. The summed E-state index contributed by atoms with van der Waals surface area (Å²) in [4.78, 5) is 13.8. The quantitative estimate of drug-likeness (QED) is 0.867. The third kappa shape index (κ3) is 3.98. The molecule has 0 radical (unpaired) electrons. The minimum Gasteiger partial charge on any atom is -0.337 e. The second-order valence-corrected chi connectivity index (χ2v) is 5.53. The highest BCUT2D eigenvalue weighted by Crippen LogP contribution is 2.25. The predicted molar refractivity (Wildman–Crippen MR) is 80.5 cm³/mol. The van der Waals surface area contributed by atoms with Crippen LogP contribution in [0.15, 0.2) is 24.3 Å². The number of carbonyl (C=O) groups excluding carboxylic acids is 1. The van der Waals surface area contributed by atoms with E-state index < -0.39 is 0 Å². The van der Waals surface area contributed by atoms with Crippen LogP contribution in [-0.4, -0.2) is 30.6 Å². The highest BCUT2D eigenvalue weighted by molar-refractivity contribution is 5.74. The van der Waals surface area contributed by atoms with Crippen molar-refractivity contribution in [2.75, 3.05) is 19.6 Å². The zero-order valence-corrected chi connectivity index (χ0v) is 12.8. The summed E-state index contributed by atoms with van der Waals surface area (Å²) in [5.41, 5.74) is 2.49. The van der Waals surface area contributed by atoms with Crippen LogP contribution in [0.4, 0.5) is 4.79 Å². The van der Waals surface area contributed by atoms with Gasteiger partial charge in [0.2, 0.25) is 0 Å². The van der Waals surface area contributed by atoms with E-state index in [9.17, 15) is 4.79 Å². The molecule has 0 aliphatic heterocycles. The van der Waals surface area contributed by atoms with Crippen LogP contribution >= 0.6 is 0 Å². The number of nitrogens with zero attached hydrogens (tertiary/aromatic N) is 1. The summed E-state index contributed by atoms with van der Waals surface area (Å²) < 4.78 is 0. The molecule has 0 fully saturated rings. The Bertz CT molecular complexity index is 423. The van der Waals surface area contributed by atoms with Crippen molar-refractivity contribution >= 4 is 6.03 Å². The molecule has 0 spiro atoms. The molecule has 3 heteroatoms. The average Bonchev–Trinajstić information content (AvgIpc) is 2.38. The molecule has 3 nitrogen and oxygen atoms in total. The second kappa shape index (κ2) is 6.60. The van der Waals surface area contributed by atoms with Crippen LogP contribution in [0.3, 0.4) is 0 Å². The lowest BCUT2D eigenvalue weighted by molar-refractivity contribution is 0.201. The SMILES string of the molecule is CCN(CC)C(=O)NCC(C)(C)c1ccccc1C. The van der Waals surface area contributed by atoms with E-state index >= 15 is 0 Å². The normalized spacial score (nSPS) is 11.2. The molecular weight excluding hydrogens is 236 g/mol. The summed E-state index contributed by atoms with van der Waals surface area (Å²) in [6.45, 7) is 12.6. The first-order chi connectivity index (χ1) is 8.92. The Morgan fingerprint density at radius 1 is 1.21 bits per heavy atom. The van der Waals surface area contributed by atoms with Gasteiger partial charge in [0.25, 0.3) is 0 Å². The van der Waals surface area contributed by atoms with Crippen molar-refractivity contribution in [3.05, 3.63) is 35.4 Å². The third-order valence-electron chi connectivity index (χ3n) is 3.61. The Balaban J connectivity index is 2.71. The van der Waals surface area contributed by atoms with Crippen molar-refractivity contribution in [1.82, 2.24) is 10.2 Å². The first kappa shape index (κ1) is 15.5. The van der Waals surface area contributed by atoms with Crippen molar-refractivity contribution in [2.45, 2.75) is 40.0 Å². The lowest BCUT2D eigenvalue weighted by Crippen LogP contribution is -2.44. The van der Waals surface area contributed by atoms with Gasteiger partial charge in [0.15, 0.2) is 0 Å². The second-order valence-electron chi connectivity index (χ2n) is 5.53. The first-order valence-corrected chi connectivity index (χ1v) is 7.01. The maximum absolute atomic E-state index is 12.0. The predicted octanol–water partition coefficient (Wildman–Crippen LogP) is 3.32. The zero-order chi connectivity index (χ0) is 14.5. The Kier molecular flexibility index (Phi) is 5.40. The standard InChI is InChI=1S/C16H26N2O/c1-6-18(7-2)15(19)17-12-16(4,5)14-11-9-8-10-13(14)3/h8-11H,6-7,12H2,1-5H3,(H,17,19). The van der Waals surface area contributed by atoms with Crippen LogP contribution in [0.25, 0.3) is 0 Å². The van der Waals surface area contributed by atoms with Crippen molar-refractivity contribution in [2.24, 2.45) is 0 Å². The Morgan fingerprint density at radius 2 is 1.79 bits per heavy atom. The topological polar surface area (TPSA) is 32.3 Å². The van der Waals surface area contributed by atoms with Gasteiger partial charge in [-0.3, -0.25) is 0 Å². The molecule has 0 bridgehead atoms. The van der Waals surface area contributed by atoms with Crippen LogP contribution in [0.2, 0.25) is 0 Å². The monoisotopic (exact) mass is 262 g/mol. The summed E-state index contributed by atoms with van der Waals surface area (Å²) in [6.07, 6.45) is 0. The van der Waals surface area contributed by atoms with Gasteiger partial charge >= 0.3 is 6.03 Å². The number of hydrogen-bond donors (Lipinski definition) is 1. The molecule has 0 atom stereocenters. The van der Waals surface area contributed by atoms with Gasteiger partial charge in [-0.05, 0) is 31.9 Å². The minimum absolute atomic E-state index is 0.0201. The van der Waals surface area contributed by atoms with Crippen LogP contribution < -0.4 is 5.32 Å². The number of nitrogens with one attached hydrogen (secondary N) is 1. The third-order valence-corrected chi connectivity index (χ3v) is 3.61. The van der Waals surface area contributed by atoms with Gasteiger partial charge in [0.05, 0.1) is 0 Å². The molecule has 1 N–H and O–H groups in total. The van der Waals surface area contributed by atoms with E-state index in [2.05, 4.69) is 44.3 Å². The molecule has 1 rings (SSSR count). The van der Waals surface area contributed by atoms with Gasteiger partial charge in [-0.1, -0.05) is 38.1 Å².